The van der Waals surface area contributed by atoms with E-state index < -0.39 is 0 Å². The fourth-order valence-corrected chi connectivity index (χ4v) is 3.03. The zero-order valence-corrected chi connectivity index (χ0v) is 10.5. The van der Waals surface area contributed by atoms with Gasteiger partial charge < -0.3 is 5.32 Å². The summed E-state index contributed by atoms with van der Waals surface area (Å²) in [6, 6.07) is 8.84. The molecule has 0 amide bonds. The molecule has 3 rings (SSSR count). The van der Waals surface area contributed by atoms with Gasteiger partial charge in [0.25, 0.3) is 0 Å². The number of hydrogen-bond donors (Lipinski definition) is 1. The van der Waals surface area contributed by atoms with Gasteiger partial charge in [-0.25, -0.2) is 0 Å². The van der Waals surface area contributed by atoms with Crippen LogP contribution in [0.2, 0.25) is 0 Å². The minimum atomic E-state index is 0.571. The first-order valence-corrected chi connectivity index (χ1v) is 6.64. The van der Waals surface area contributed by atoms with Crippen molar-refractivity contribution < 1.29 is 0 Å². The first-order chi connectivity index (χ1) is 8.38. The third kappa shape index (κ3) is 2.10. The molecule has 17 heavy (non-hydrogen) atoms. The molecule has 0 spiro atoms. The van der Waals surface area contributed by atoms with E-state index in [1.807, 2.05) is 0 Å². The molecule has 0 bridgehead atoms. The molecule has 1 unspecified atom stereocenters. The number of likely N-dealkylation sites (N-methyl/N-ethyl adjacent to an activating group) is 1. The van der Waals surface area contributed by atoms with E-state index >= 15 is 0 Å². The number of nitrogens with one attached hydrogen (secondary N) is 1. The SMILES string of the molecule is CCN1CCNCC1N1Cc2ccccc2C1. The molecule has 0 radical (unpaired) electrons. The highest BCUT2D eigenvalue weighted by Gasteiger charge is 2.30. The van der Waals surface area contributed by atoms with Crippen LogP contribution in [0.15, 0.2) is 24.3 Å². The lowest BCUT2D eigenvalue weighted by Crippen LogP contribution is -2.57. The van der Waals surface area contributed by atoms with Gasteiger partial charge in [-0.2, -0.15) is 0 Å². The highest BCUT2D eigenvalue weighted by Crippen LogP contribution is 2.25. The lowest BCUT2D eigenvalue weighted by molar-refractivity contribution is 0.0248. The van der Waals surface area contributed by atoms with Crippen molar-refractivity contribution in [3.05, 3.63) is 35.4 Å². The molecule has 1 atom stereocenters. The van der Waals surface area contributed by atoms with Gasteiger partial charge in [-0.15, -0.1) is 0 Å². The monoisotopic (exact) mass is 231 g/mol. The van der Waals surface area contributed by atoms with E-state index in [-0.39, 0.29) is 0 Å². The summed E-state index contributed by atoms with van der Waals surface area (Å²) in [6.07, 6.45) is 0.571. The molecule has 2 heterocycles. The van der Waals surface area contributed by atoms with Crippen LogP contribution in [-0.4, -0.2) is 42.1 Å². The maximum absolute atomic E-state index is 3.52. The Morgan fingerprint density at radius 2 is 1.94 bits per heavy atom. The Balaban J connectivity index is 1.74. The van der Waals surface area contributed by atoms with Crippen LogP contribution in [0.1, 0.15) is 18.1 Å². The Labute approximate surface area is 103 Å². The van der Waals surface area contributed by atoms with Crippen molar-refractivity contribution in [3.8, 4) is 0 Å². The number of piperazine rings is 1. The molecule has 2 aliphatic heterocycles. The fraction of sp³-hybridized carbons (Fsp3) is 0.571. The third-order valence-electron chi connectivity index (χ3n) is 4.02. The number of rotatable bonds is 2. The normalized spacial score (nSPS) is 26.1. The van der Waals surface area contributed by atoms with Gasteiger partial charge in [0.1, 0.15) is 0 Å². The van der Waals surface area contributed by atoms with E-state index in [9.17, 15) is 0 Å². The van der Waals surface area contributed by atoms with Gasteiger partial charge in [0, 0.05) is 32.7 Å². The van der Waals surface area contributed by atoms with Gasteiger partial charge in [0.2, 0.25) is 0 Å². The minimum Gasteiger partial charge on any atom is -0.313 e. The Hall–Kier alpha value is -0.900. The van der Waals surface area contributed by atoms with Crippen LogP contribution in [0.25, 0.3) is 0 Å². The van der Waals surface area contributed by atoms with Crippen LogP contribution in [0.4, 0.5) is 0 Å². The average molecular weight is 231 g/mol. The second-order valence-electron chi connectivity index (χ2n) is 4.99. The van der Waals surface area contributed by atoms with Crippen LogP contribution < -0.4 is 5.32 Å². The Bertz CT molecular complexity index is 366. The zero-order valence-electron chi connectivity index (χ0n) is 10.5. The molecule has 1 saturated heterocycles. The van der Waals surface area contributed by atoms with Crippen LogP contribution in [-0.2, 0) is 13.1 Å². The fourth-order valence-electron chi connectivity index (χ4n) is 3.03. The quantitative estimate of drug-likeness (QED) is 0.826. The number of nitrogens with zero attached hydrogens (tertiary/aromatic N) is 2. The highest BCUT2D eigenvalue weighted by atomic mass is 15.4. The van der Waals surface area contributed by atoms with Crippen molar-refractivity contribution in [2.45, 2.75) is 26.2 Å². The summed E-state index contributed by atoms with van der Waals surface area (Å²) in [5.74, 6) is 0. The van der Waals surface area contributed by atoms with Crippen molar-refractivity contribution >= 4 is 0 Å². The van der Waals surface area contributed by atoms with Crippen LogP contribution in [0.3, 0.4) is 0 Å². The predicted octanol–water partition coefficient (Wildman–Crippen LogP) is 1.25. The summed E-state index contributed by atoms with van der Waals surface area (Å²) in [6.45, 7) is 9.04. The van der Waals surface area contributed by atoms with Gasteiger partial charge in [0.15, 0.2) is 0 Å². The average Bonchev–Trinajstić information content (AvgIpc) is 2.82. The number of hydrogen-bond acceptors (Lipinski definition) is 3. The largest absolute Gasteiger partial charge is 0.313 e. The van der Waals surface area contributed by atoms with Crippen molar-refractivity contribution in [2.75, 3.05) is 26.2 Å². The first-order valence-electron chi connectivity index (χ1n) is 6.64. The molecular weight excluding hydrogens is 210 g/mol. The lowest BCUT2D eigenvalue weighted by Gasteiger charge is -2.40. The zero-order chi connectivity index (χ0) is 11.7. The molecule has 1 N–H and O–H groups in total. The van der Waals surface area contributed by atoms with Crippen molar-refractivity contribution in [1.82, 2.24) is 15.1 Å². The molecule has 1 aromatic carbocycles. The number of fused-ring (bicyclic) bond motifs is 1. The van der Waals surface area contributed by atoms with Crippen LogP contribution >= 0.6 is 0 Å². The maximum Gasteiger partial charge on any atom is 0.0757 e. The van der Waals surface area contributed by atoms with Gasteiger partial charge in [-0.05, 0) is 17.7 Å². The Morgan fingerprint density at radius 1 is 1.24 bits per heavy atom. The van der Waals surface area contributed by atoms with Gasteiger partial charge in [-0.3, -0.25) is 9.80 Å². The third-order valence-corrected chi connectivity index (χ3v) is 4.02. The summed E-state index contributed by atoms with van der Waals surface area (Å²) in [4.78, 5) is 5.18. The summed E-state index contributed by atoms with van der Waals surface area (Å²) >= 11 is 0. The maximum atomic E-state index is 3.52. The summed E-state index contributed by atoms with van der Waals surface area (Å²) in [7, 11) is 0. The van der Waals surface area contributed by atoms with Crippen LogP contribution in [0.5, 0.6) is 0 Å². The van der Waals surface area contributed by atoms with Crippen LogP contribution in [0, 0.1) is 0 Å². The first kappa shape index (κ1) is 11.2. The molecule has 0 saturated carbocycles. The molecule has 3 nitrogen and oxygen atoms in total. The molecule has 1 fully saturated rings. The second-order valence-corrected chi connectivity index (χ2v) is 4.99. The van der Waals surface area contributed by atoms with Gasteiger partial charge in [-0.1, -0.05) is 31.2 Å². The second kappa shape index (κ2) is 4.77. The molecule has 0 aromatic heterocycles. The van der Waals surface area contributed by atoms with E-state index in [0.29, 0.717) is 6.17 Å². The van der Waals surface area contributed by atoms with Crippen molar-refractivity contribution in [2.24, 2.45) is 0 Å². The molecule has 0 aliphatic carbocycles. The topological polar surface area (TPSA) is 18.5 Å². The van der Waals surface area contributed by atoms with Gasteiger partial charge >= 0.3 is 0 Å². The number of benzene rings is 1. The summed E-state index contributed by atoms with van der Waals surface area (Å²) < 4.78 is 0. The molecule has 92 valence electrons. The Morgan fingerprint density at radius 3 is 2.59 bits per heavy atom. The molecular formula is C14H21N3. The highest BCUT2D eigenvalue weighted by molar-refractivity contribution is 5.30. The predicted molar refractivity (Wildman–Crippen MR) is 69.6 cm³/mol. The van der Waals surface area contributed by atoms with E-state index in [2.05, 4.69) is 46.3 Å². The minimum absolute atomic E-state index is 0.571. The van der Waals surface area contributed by atoms with E-state index in [0.717, 1.165) is 32.7 Å². The smallest absolute Gasteiger partial charge is 0.0757 e. The van der Waals surface area contributed by atoms with E-state index in [4.69, 9.17) is 0 Å². The lowest BCUT2D eigenvalue weighted by atomic mass is 10.1. The summed E-state index contributed by atoms with van der Waals surface area (Å²) in [5.41, 5.74) is 3.02. The standard InChI is InChI=1S/C14H21N3/c1-2-16-8-7-15-9-14(16)17-10-12-5-3-4-6-13(12)11-17/h3-6,14-15H,2,7-11H2,1H3. The van der Waals surface area contributed by atoms with E-state index in [1.54, 1.807) is 0 Å². The summed E-state index contributed by atoms with van der Waals surface area (Å²) in [5, 5.41) is 3.52. The molecule has 1 aromatic rings. The van der Waals surface area contributed by atoms with E-state index in [1.165, 1.54) is 17.7 Å². The Kier molecular flexibility index (Phi) is 3.14. The van der Waals surface area contributed by atoms with Gasteiger partial charge in [0.05, 0.1) is 6.17 Å². The molecule has 2 aliphatic rings. The van der Waals surface area contributed by atoms with Crippen molar-refractivity contribution in [1.29, 1.82) is 0 Å². The molecule has 3 heteroatoms. The van der Waals surface area contributed by atoms with Crippen molar-refractivity contribution in [3.63, 3.8) is 0 Å².